The molecule has 0 spiro atoms. The first-order valence-corrected chi connectivity index (χ1v) is 45.3. The van der Waals surface area contributed by atoms with Gasteiger partial charge in [-0.25, -0.2) is 14.4 Å². The minimum Gasteiger partial charge on any atom is -0.481 e. The van der Waals surface area contributed by atoms with Crippen LogP contribution in [0.3, 0.4) is 0 Å². The number of aromatic nitrogens is 2. The van der Waals surface area contributed by atoms with Crippen LogP contribution in [-0.2, 0) is 123 Å². The Labute approximate surface area is 812 Å². The molecule has 2 aromatic heterocycles. The van der Waals surface area contributed by atoms with Gasteiger partial charge in [0.15, 0.2) is 5.78 Å². The van der Waals surface area contributed by atoms with Gasteiger partial charge < -0.3 is 146 Å². The van der Waals surface area contributed by atoms with E-state index < -0.39 is 303 Å². The molecule has 3 heterocycles. The molecule has 51 heteroatoms. The van der Waals surface area contributed by atoms with Crippen molar-refractivity contribution in [1.82, 2.24) is 95.0 Å². The van der Waals surface area contributed by atoms with Crippen molar-refractivity contribution in [2.75, 3.05) is 38.5 Å². The molecular formula is C91H124N20O31. The number of nitrogens with one attached hydrogen (secondary N) is 18. The number of H-pyrrole nitrogens is 2. The second-order valence-corrected chi connectivity index (χ2v) is 35.6. The van der Waals surface area contributed by atoms with E-state index in [-0.39, 0.29) is 36.9 Å². The number of benzene rings is 3. The number of carboxylic acids is 4. The van der Waals surface area contributed by atoms with Crippen molar-refractivity contribution in [3.8, 4) is 0 Å². The lowest BCUT2D eigenvalue weighted by atomic mass is 9.96. The number of ketones is 1. The summed E-state index contributed by atoms with van der Waals surface area (Å²) < 4.78 is 16.5. The number of carboxylic acid groups (broad SMARTS) is 4. The number of unbranched alkanes of at least 4 members (excludes halogenated alkanes) is 4. The fraction of sp³-hybridized carbons (Fsp3) is 0.505. The number of ether oxygens (including phenoxy) is 3. The van der Waals surface area contributed by atoms with Crippen molar-refractivity contribution in [1.29, 1.82) is 0 Å². The number of primary amides is 1. The Hall–Kier alpha value is -15.9. The molecule has 0 saturated carbocycles. The second kappa shape index (κ2) is 55.0. The predicted octanol–water partition coefficient (Wildman–Crippen LogP) is -3.12. The molecule has 3 aromatic carbocycles. The lowest BCUT2D eigenvalue weighted by Gasteiger charge is -2.30. The summed E-state index contributed by atoms with van der Waals surface area (Å²) in [6.07, 6.45) is -7.04. The van der Waals surface area contributed by atoms with E-state index in [2.05, 4.69) is 79.1 Å². The van der Waals surface area contributed by atoms with Crippen LogP contribution >= 0.6 is 0 Å². The molecule has 774 valence electrons. The van der Waals surface area contributed by atoms with Gasteiger partial charge >= 0.3 is 42.0 Å². The number of aliphatic carboxylic acids is 4. The number of alkyl carbamates (subject to hydrolysis) is 2. The molecule has 0 radical (unpaired) electrons. The Morgan fingerprint density at radius 3 is 1.52 bits per heavy atom. The van der Waals surface area contributed by atoms with Gasteiger partial charge in [-0.3, -0.25) is 95.9 Å². The van der Waals surface area contributed by atoms with Crippen LogP contribution in [0.5, 0.6) is 0 Å². The first kappa shape index (κ1) is 115. The molecule has 0 aliphatic carbocycles. The van der Waals surface area contributed by atoms with Gasteiger partial charge in [-0.1, -0.05) is 74.7 Å². The molecule has 14 atom stereocenters. The van der Waals surface area contributed by atoms with Crippen molar-refractivity contribution in [2.24, 2.45) is 11.7 Å². The Bertz CT molecular complexity index is 5430. The lowest BCUT2D eigenvalue weighted by molar-refractivity contribution is -0.156. The number of anilines is 1. The number of nitrogens with two attached hydrogens (primary N) is 2. The van der Waals surface area contributed by atoms with Crippen LogP contribution in [0.2, 0.25) is 0 Å². The Morgan fingerprint density at radius 1 is 0.472 bits per heavy atom. The number of carbonyl (C=O) groups is 23. The molecule has 142 heavy (non-hydrogen) atoms. The highest BCUT2D eigenvalue weighted by Gasteiger charge is 2.42. The topological polar surface area (TPSA) is 798 Å². The van der Waals surface area contributed by atoms with Gasteiger partial charge in [0.25, 0.3) is 0 Å². The number of esters is 1. The first-order valence-electron chi connectivity index (χ1n) is 45.3. The van der Waals surface area contributed by atoms with E-state index in [9.17, 15) is 121 Å². The molecular weight excluding hydrogens is 1870 g/mol. The van der Waals surface area contributed by atoms with Crippen molar-refractivity contribution in [2.45, 2.75) is 255 Å². The standard InChI is InChI=1S/C91H124N20O31/c1-45(32-70(118)119)74-86(136)108-63(35-65(113)52-24-14-17-25-53(52)92)87(137)140-47(3)75(111-83(133)62(39-73(124)125)107-82(132)59(36-66(93)114)105-81(131)58(34-49-41-97-55-27-19-16-23-51(49)55)102-67(115)29-13-11-10-12-20-30-95-88(138)141-90(4,5)6)85(135)99-43-68(116)101-56(28-21-31-94-77(127)57(109-89(139)142-91(7,8)9)33-48-40-96-54-26-18-15-22-50(48)54)79(129)106-61(38-72(122)123)80(130)100-46(2)76(126)104-60(37-71(120)121)78(128)98-42-69(117)103-64(44-112)84(134)110-74/h14-19,22-27,40-41,45-47,56-64,74-75,96-97,112H,10-13,20-21,28-39,42-44,92H2,1-9H3,(H2,93,114)(H,94,127)(H,95,138)(H,98,128)(H,99,135)(H,100,130)(H,101,116)(H,102,115)(H,103,117)(H,104,126)(H,105,131)(H,106,129)(H,107,132)(H,108,136)(H,109,139)(H,110,134)(H,111,133)(H,118,119)(H,120,121)(H,122,123)(H,124,125). The Morgan fingerprint density at radius 2 is 0.958 bits per heavy atom. The number of aliphatic hydroxyl groups is 1. The molecule has 5 aromatic rings. The number of cyclic esters (lactones) is 1. The fourth-order valence-electron chi connectivity index (χ4n) is 14.4. The van der Waals surface area contributed by atoms with Crippen LogP contribution in [-0.4, -0.2) is 295 Å². The lowest BCUT2D eigenvalue weighted by Crippen LogP contribution is -2.62. The summed E-state index contributed by atoms with van der Waals surface area (Å²) in [4.78, 5) is 325. The number of amides is 17. The third-order valence-corrected chi connectivity index (χ3v) is 21.5. The normalized spacial score (nSPS) is 19.7. The predicted molar refractivity (Wildman–Crippen MR) is 499 cm³/mol. The monoisotopic (exact) mass is 1990 g/mol. The van der Waals surface area contributed by atoms with Crippen LogP contribution in [0, 0.1) is 5.92 Å². The Balaban J connectivity index is 1.43. The summed E-state index contributed by atoms with van der Waals surface area (Å²) in [5.74, 6) is -31.9. The molecule has 1 fully saturated rings. The molecule has 1 saturated heterocycles. The third kappa shape index (κ3) is 39.2. The quantitative estimate of drug-likeness (QED) is 0.00606. The number of Topliss-reactive ketones (excluding diaryl/α,β-unsaturated/α-hetero) is 1. The van der Waals surface area contributed by atoms with E-state index in [1.54, 1.807) is 102 Å². The van der Waals surface area contributed by atoms with Crippen LogP contribution in [0.15, 0.2) is 85.2 Å². The summed E-state index contributed by atoms with van der Waals surface area (Å²) in [6.45, 7) is 8.64. The van der Waals surface area contributed by atoms with Crippen LogP contribution in [0.4, 0.5) is 15.3 Å². The molecule has 51 nitrogen and oxygen atoms in total. The molecule has 17 amide bonds. The summed E-state index contributed by atoms with van der Waals surface area (Å²) in [7, 11) is 0. The minimum atomic E-state index is -2.56. The minimum absolute atomic E-state index is 0.137. The van der Waals surface area contributed by atoms with E-state index >= 15 is 14.4 Å². The van der Waals surface area contributed by atoms with Gasteiger partial charge in [-0.05, 0) is 122 Å². The molecule has 27 N–H and O–H groups in total. The Kier molecular flexibility index (Phi) is 44.5. The number of nitrogen functional groups attached to an aromatic ring is 1. The van der Waals surface area contributed by atoms with E-state index in [1.807, 2.05) is 16.0 Å². The maximum Gasteiger partial charge on any atom is 0.408 e. The molecule has 0 bridgehead atoms. The zero-order valence-electron chi connectivity index (χ0n) is 79.5. The highest BCUT2D eigenvalue weighted by Crippen LogP contribution is 2.24. The van der Waals surface area contributed by atoms with Gasteiger partial charge in [0.2, 0.25) is 88.6 Å². The third-order valence-electron chi connectivity index (χ3n) is 21.5. The highest BCUT2D eigenvalue weighted by molar-refractivity contribution is 6.06. The number of aliphatic hydroxyl groups excluding tert-OH is 1. The summed E-state index contributed by atoms with van der Waals surface area (Å²) >= 11 is 0. The average molecular weight is 1990 g/mol. The number of aromatic amines is 2. The van der Waals surface area contributed by atoms with Gasteiger partial charge in [0.1, 0.15) is 89.8 Å². The SMILES string of the molecule is CC1NC(=O)C(CC(=O)O)NC(=O)C(CCCNC(=O)C(Cc2c[nH]c3ccccc23)NC(=O)OC(C)(C)C)NC(=O)CNC(=O)C(NC(=O)C(CC(=O)O)NC(=O)C(CC(N)=O)NC(=O)C(Cc2c[nH]c3ccccc23)NC(=O)CCCCCCCNC(=O)OC(C)(C)C)C(C)OC(=O)C(CC(=O)c2ccccc2N)NC(=O)C(C(C)CC(=O)O)NC(=O)C(CO)NC(=O)CNC(=O)C(CC(=O)O)NC1=O. The van der Waals surface area contributed by atoms with Crippen molar-refractivity contribution in [3.05, 3.63) is 102 Å². The van der Waals surface area contributed by atoms with Crippen LogP contribution < -0.4 is 96.5 Å². The zero-order chi connectivity index (χ0) is 106. The molecule has 14 unspecified atom stereocenters. The van der Waals surface area contributed by atoms with Crippen molar-refractivity contribution >= 4 is 164 Å². The summed E-state index contributed by atoms with van der Waals surface area (Å²) in [5.41, 5.74) is 11.7. The molecule has 1 aliphatic heterocycles. The van der Waals surface area contributed by atoms with Gasteiger partial charge in [0.05, 0.1) is 51.8 Å². The molecule has 6 rings (SSSR count). The van der Waals surface area contributed by atoms with Crippen LogP contribution in [0.25, 0.3) is 21.8 Å². The van der Waals surface area contributed by atoms with Gasteiger partial charge in [0, 0.05) is 84.2 Å². The maximum atomic E-state index is 15.2. The van der Waals surface area contributed by atoms with E-state index in [0.717, 1.165) is 20.8 Å². The smallest absolute Gasteiger partial charge is 0.408 e. The average Bonchev–Trinajstić information content (AvgIpc) is 1.68. The van der Waals surface area contributed by atoms with Crippen molar-refractivity contribution < 1.29 is 150 Å². The van der Waals surface area contributed by atoms with E-state index in [4.69, 9.17) is 25.7 Å². The summed E-state index contributed by atoms with van der Waals surface area (Å²) in [5, 5.41) is 88.1. The zero-order valence-corrected chi connectivity index (χ0v) is 79.5. The molecule has 1 aliphatic rings. The van der Waals surface area contributed by atoms with E-state index in [0.29, 0.717) is 71.6 Å². The maximum absolute atomic E-state index is 15.2. The number of carbonyl (C=O) groups excluding carboxylic acids is 19. The number of hydrogen-bond donors (Lipinski definition) is 25. The second-order valence-electron chi connectivity index (χ2n) is 35.6. The van der Waals surface area contributed by atoms with E-state index in [1.165, 1.54) is 24.3 Å². The number of para-hydroxylation sites is 3. The van der Waals surface area contributed by atoms with Crippen LogP contribution in [0.1, 0.15) is 174 Å². The number of hydrogen-bond acceptors (Lipinski definition) is 28. The largest absolute Gasteiger partial charge is 0.481 e. The summed E-state index contributed by atoms with van der Waals surface area (Å²) in [6, 6.07) is -6.25. The number of fused-ring (bicyclic) bond motifs is 2. The van der Waals surface area contributed by atoms with Gasteiger partial charge in [-0.15, -0.1) is 0 Å². The fourth-order valence-corrected chi connectivity index (χ4v) is 14.4. The number of rotatable bonds is 40. The highest BCUT2D eigenvalue weighted by atomic mass is 16.6. The van der Waals surface area contributed by atoms with Gasteiger partial charge in [-0.2, -0.15) is 0 Å². The first-order chi connectivity index (χ1) is 66.8. The van der Waals surface area contributed by atoms with Crippen molar-refractivity contribution in [3.63, 3.8) is 0 Å².